The van der Waals surface area contributed by atoms with Crippen LogP contribution >= 0.6 is 0 Å². The molecule has 0 aliphatic carbocycles. The van der Waals surface area contributed by atoms with Crippen molar-refractivity contribution in [3.8, 4) is 5.69 Å². The molecule has 0 radical (unpaired) electrons. The van der Waals surface area contributed by atoms with E-state index in [0.29, 0.717) is 24.7 Å². The summed E-state index contributed by atoms with van der Waals surface area (Å²) < 4.78 is 1.69. The maximum Gasteiger partial charge on any atom is 0.276 e. The zero-order chi connectivity index (χ0) is 17.4. The van der Waals surface area contributed by atoms with E-state index in [-0.39, 0.29) is 5.91 Å². The minimum absolute atomic E-state index is 0.0760. The lowest BCUT2D eigenvalue weighted by molar-refractivity contribution is 0.0781. The largest absolute Gasteiger partial charge is 0.337 e. The van der Waals surface area contributed by atoms with E-state index >= 15 is 0 Å². The normalized spacial score (nSPS) is 17.4. The molecule has 1 amide bonds. The van der Waals surface area contributed by atoms with Crippen LogP contribution in [0.3, 0.4) is 0 Å². The van der Waals surface area contributed by atoms with Gasteiger partial charge in [-0.15, -0.1) is 5.10 Å². The van der Waals surface area contributed by atoms with Crippen LogP contribution in [0.4, 0.5) is 0 Å². The van der Waals surface area contributed by atoms with E-state index in [4.69, 9.17) is 5.73 Å². The molecular weight excluding hydrogens is 316 g/mol. The molecule has 1 atom stereocenters. The van der Waals surface area contributed by atoms with Crippen molar-refractivity contribution in [2.24, 2.45) is 11.7 Å². The summed E-state index contributed by atoms with van der Waals surface area (Å²) in [6.07, 6.45) is 2.70. The summed E-state index contributed by atoms with van der Waals surface area (Å²) in [5, 5.41) is 9.40. The van der Waals surface area contributed by atoms with Gasteiger partial charge in [-0.3, -0.25) is 9.78 Å². The minimum atomic E-state index is -0.0760. The average molecular weight is 336 g/mol. The number of likely N-dealkylation sites (tertiary alicyclic amines) is 1. The van der Waals surface area contributed by atoms with E-state index in [1.54, 1.807) is 10.9 Å². The van der Waals surface area contributed by atoms with Crippen molar-refractivity contribution in [2.75, 3.05) is 19.6 Å². The fourth-order valence-electron chi connectivity index (χ4n) is 3.37. The molecule has 2 aromatic heterocycles. The molecule has 1 unspecified atom stereocenters. The topological polar surface area (TPSA) is 89.9 Å². The Bertz CT molecular complexity index is 929. The number of amides is 1. The first-order valence-corrected chi connectivity index (χ1v) is 8.45. The van der Waals surface area contributed by atoms with E-state index in [2.05, 4.69) is 15.3 Å². The van der Waals surface area contributed by atoms with Gasteiger partial charge in [-0.25, -0.2) is 4.68 Å². The van der Waals surface area contributed by atoms with Gasteiger partial charge in [0.2, 0.25) is 0 Å². The van der Waals surface area contributed by atoms with Gasteiger partial charge in [0.25, 0.3) is 5.91 Å². The van der Waals surface area contributed by atoms with Crippen molar-refractivity contribution in [3.63, 3.8) is 0 Å². The van der Waals surface area contributed by atoms with Gasteiger partial charge < -0.3 is 10.6 Å². The zero-order valence-corrected chi connectivity index (χ0v) is 14.1. The number of para-hydroxylation sites is 1. The number of nitrogens with zero attached hydrogens (tertiary/aromatic N) is 5. The third kappa shape index (κ3) is 2.66. The van der Waals surface area contributed by atoms with E-state index in [0.717, 1.165) is 35.2 Å². The summed E-state index contributed by atoms with van der Waals surface area (Å²) in [6.45, 7) is 3.89. The standard InChI is InChI=1S/C18H20N6O/c1-12-16(18(25)23-9-7-13(10-19)11-23)21-22-24(12)15-6-2-4-14-5-3-8-20-17(14)15/h2-6,8,13H,7,9-11,19H2,1H3. The highest BCUT2D eigenvalue weighted by molar-refractivity contribution is 5.94. The molecule has 1 aromatic carbocycles. The lowest BCUT2D eigenvalue weighted by Gasteiger charge is -2.15. The molecule has 7 nitrogen and oxygen atoms in total. The van der Waals surface area contributed by atoms with Crippen LogP contribution in [-0.2, 0) is 0 Å². The van der Waals surface area contributed by atoms with Crippen molar-refractivity contribution >= 4 is 16.8 Å². The van der Waals surface area contributed by atoms with Crippen LogP contribution in [0.15, 0.2) is 36.5 Å². The number of benzene rings is 1. The molecule has 1 fully saturated rings. The Labute approximate surface area is 145 Å². The Kier molecular flexibility index (Phi) is 3.93. The first-order chi connectivity index (χ1) is 12.2. The number of aromatic nitrogens is 4. The van der Waals surface area contributed by atoms with E-state index in [1.165, 1.54) is 0 Å². The van der Waals surface area contributed by atoms with Crippen molar-refractivity contribution in [1.29, 1.82) is 0 Å². The average Bonchev–Trinajstić information content (AvgIpc) is 3.27. The first kappa shape index (κ1) is 15.7. The van der Waals surface area contributed by atoms with Crippen LogP contribution in [0.5, 0.6) is 0 Å². The molecule has 7 heteroatoms. The number of fused-ring (bicyclic) bond motifs is 1. The number of carbonyl (C=O) groups is 1. The summed E-state index contributed by atoms with van der Waals surface area (Å²) in [4.78, 5) is 19.1. The Morgan fingerprint density at radius 1 is 1.32 bits per heavy atom. The molecule has 3 heterocycles. The monoisotopic (exact) mass is 336 g/mol. The van der Waals surface area contributed by atoms with Gasteiger partial charge in [0.05, 0.1) is 16.9 Å². The SMILES string of the molecule is Cc1c(C(=O)N2CCC(CN)C2)nnn1-c1cccc2cccnc12. The van der Waals surface area contributed by atoms with Crippen molar-refractivity contribution in [1.82, 2.24) is 24.9 Å². The molecule has 2 N–H and O–H groups in total. The van der Waals surface area contributed by atoms with Crippen LogP contribution in [0.25, 0.3) is 16.6 Å². The van der Waals surface area contributed by atoms with E-state index < -0.39 is 0 Å². The Morgan fingerprint density at radius 2 is 2.16 bits per heavy atom. The van der Waals surface area contributed by atoms with Gasteiger partial charge in [0.15, 0.2) is 5.69 Å². The molecule has 3 aromatic rings. The number of rotatable bonds is 3. The highest BCUT2D eigenvalue weighted by Gasteiger charge is 2.29. The fraction of sp³-hybridized carbons (Fsp3) is 0.333. The van der Waals surface area contributed by atoms with Crippen molar-refractivity contribution in [2.45, 2.75) is 13.3 Å². The molecule has 128 valence electrons. The molecule has 0 spiro atoms. The molecule has 1 saturated heterocycles. The summed E-state index contributed by atoms with van der Waals surface area (Å²) in [7, 11) is 0. The number of pyridine rings is 1. The Balaban J connectivity index is 1.71. The van der Waals surface area contributed by atoms with Gasteiger partial charge in [0, 0.05) is 24.7 Å². The third-order valence-corrected chi connectivity index (χ3v) is 4.84. The highest BCUT2D eigenvalue weighted by atomic mass is 16.2. The Hall–Kier alpha value is -2.80. The Morgan fingerprint density at radius 3 is 2.96 bits per heavy atom. The zero-order valence-electron chi connectivity index (χ0n) is 14.1. The molecule has 0 bridgehead atoms. The second kappa shape index (κ2) is 6.25. The van der Waals surface area contributed by atoms with Crippen LogP contribution in [-0.4, -0.2) is 50.4 Å². The van der Waals surface area contributed by atoms with Gasteiger partial charge in [-0.05, 0) is 37.9 Å². The second-order valence-corrected chi connectivity index (χ2v) is 6.43. The molecule has 1 aliphatic rings. The molecule has 4 rings (SSSR count). The minimum Gasteiger partial charge on any atom is -0.337 e. The maximum absolute atomic E-state index is 12.8. The fourth-order valence-corrected chi connectivity index (χ4v) is 3.37. The summed E-state index contributed by atoms with van der Waals surface area (Å²) >= 11 is 0. The van der Waals surface area contributed by atoms with Crippen molar-refractivity contribution < 1.29 is 4.79 Å². The lowest BCUT2D eigenvalue weighted by atomic mass is 10.1. The van der Waals surface area contributed by atoms with Crippen LogP contribution in [0, 0.1) is 12.8 Å². The molecule has 0 saturated carbocycles. The maximum atomic E-state index is 12.8. The predicted molar refractivity (Wildman–Crippen MR) is 94.5 cm³/mol. The highest BCUT2D eigenvalue weighted by Crippen LogP contribution is 2.23. The quantitative estimate of drug-likeness (QED) is 0.783. The molecule has 1 aliphatic heterocycles. The third-order valence-electron chi connectivity index (χ3n) is 4.84. The number of nitrogens with two attached hydrogens (primary N) is 1. The predicted octanol–water partition coefficient (Wildman–Crippen LogP) is 1.54. The van der Waals surface area contributed by atoms with Crippen LogP contribution in [0.2, 0.25) is 0 Å². The molecule has 25 heavy (non-hydrogen) atoms. The van der Waals surface area contributed by atoms with Gasteiger partial charge in [-0.2, -0.15) is 0 Å². The summed E-state index contributed by atoms with van der Waals surface area (Å²) in [6, 6.07) is 9.79. The molecular formula is C18H20N6O. The number of carbonyl (C=O) groups excluding carboxylic acids is 1. The smallest absolute Gasteiger partial charge is 0.276 e. The van der Waals surface area contributed by atoms with Crippen molar-refractivity contribution in [3.05, 3.63) is 47.9 Å². The number of hydrogen-bond donors (Lipinski definition) is 1. The summed E-state index contributed by atoms with van der Waals surface area (Å²) in [5.41, 5.74) is 8.49. The second-order valence-electron chi connectivity index (χ2n) is 6.43. The van der Waals surface area contributed by atoms with Crippen LogP contribution in [0.1, 0.15) is 22.6 Å². The van der Waals surface area contributed by atoms with Gasteiger partial charge in [0.1, 0.15) is 0 Å². The first-order valence-electron chi connectivity index (χ1n) is 8.45. The summed E-state index contributed by atoms with van der Waals surface area (Å²) in [5.74, 6) is 0.300. The van der Waals surface area contributed by atoms with E-state index in [1.807, 2.05) is 42.2 Å². The lowest BCUT2D eigenvalue weighted by Crippen LogP contribution is -2.30. The van der Waals surface area contributed by atoms with Gasteiger partial charge in [-0.1, -0.05) is 23.4 Å². The van der Waals surface area contributed by atoms with Gasteiger partial charge >= 0.3 is 0 Å². The van der Waals surface area contributed by atoms with E-state index in [9.17, 15) is 4.79 Å². The number of hydrogen-bond acceptors (Lipinski definition) is 5. The van der Waals surface area contributed by atoms with Crippen LogP contribution < -0.4 is 5.73 Å².